The second-order valence-corrected chi connectivity index (χ2v) is 6.38. The Morgan fingerprint density at radius 2 is 1.52 bits per heavy atom. The van der Waals surface area contributed by atoms with Gasteiger partial charge in [0.15, 0.2) is 5.69 Å². The van der Waals surface area contributed by atoms with Crippen LogP contribution in [0.5, 0.6) is 5.75 Å². The fourth-order valence-electron chi connectivity index (χ4n) is 2.50. The van der Waals surface area contributed by atoms with Gasteiger partial charge in [0.2, 0.25) is 6.10 Å². The van der Waals surface area contributed by atoms with Crippen LogP contribution < -0.4 is 0 Å². The lowest BCUT2D eigenvalue weighted by molar-refractivity contribution is -0.643. The highest BCUT2D eigenvalue weighted by molar-refractivity contribution is 14.1. The lowest BCUT2D eigenvalue weighted by atomic mass is 10.0. The Balaban J connectivity index is 1.98. The lowest BCUT2D eigenvalue weighted by Gasteiger charge is -2.14. The molecular weight excluding hydrogens is 427 g/mol. The Morgan fingerprint density at radius 3 is 2.04 bits per heavy atom. The predicted octanol–water partition coefficient (Wildman–Crippen LogP) is 4.68. The van der Waals surface area contributed by atoms with Gasteiger partial charge in [0.1, 0.15) is 5.75 Å². The number of benzene rings is 2. The average Bonchev–Trinajstić information content (AvgIpc) is 2.67. The average molecular weight is 445 g/mol. The molecule has 0 aliphatic carbocycles. The largest absolute Gasteiger partial charge is 0.505 e. The number of hydrogen-bond donors (Lipinski definition) is 1. The first kappa shape index (κ1) is 17.4. The van der Waals surface area contributed by atoms with Crippen LogP contribution in [0, 0.1) is 0 Å². The zero-order valence-corrected chi connectivity index (χ0v) is 15.9. The second kappa shape index (κ2) is 8.11. The highest BCUT2D eigenvalue weighted by Crippen LogP contribution is 2.27. The molecule has 1 N–H and O–H groups in total. The van der Waals surface area contributed by atoms with E-state index in [4.69, 9.17) is 4.84 Å². The van der Waals surface area contributed by atoms with Crippen LogP contribution in [0.2, 0.25) is 0 Å². The minimum absolute atomic E-state index is 0.126. The maximum atomic E-state index is 10.0. The van der Waals surface area contributed by atoms with E-state index in [1.807, 2.05) is 67.6 Å². The SMILES string of the molecule is CC(c1ncccc1O)=[N+](I)OC(c1ccccc1)c1ccccc1. The zero-order valence-electron chi connectivity index (χ0n) is 13.7. The molecule has 3 rings (SSSR count). The van der Waals surface area contributed by atoms with Crippen LogP contribution in [0.15, 0.2) is 79.0 Å². The minimum atomic E-state index is -0.264. The molecule has 0 radical (unpaired) electrons. The van der Waals surface area contributed by atoms with Crippen molar-refractivity contribution in [1.82, 2.24) is 4.98 Å². The van der Waals surface area contributed by atoms with Crippen molar-refractivity contribution in [1.29, 1.82) is 0 Å². The third kappa shape index (κ3) is 4.17. The Hall–Kier alpha value is -2.41. The number of rotatable bonds is 5. The standard InChI is InChI=1S/C20H17IN2O2/c1-15(19-18(24)13-8-14-22-19)23(21)25-20(16-9-4-2-5-10-16)17-11-6-3-7-12-17/h2-14,20H,1H3/p+1. The van der Waals surface area contributed by atoms with Crippen LogP contribution in [0.3, 0.4) is 0 Å². The van der Waals surface area contributed by atoms with Crippen LogP contribution in [0.25, 0.3) is 0 Å². The van der Waals surface area contributed by atoms with Gasteiger partial charge < -0.3 is 5.11 Å². The molecule has 3 aromatic rings. The van der Waals surface area contributed by atoms with E-state index in [0.29, 0.717) is 5.69 Å². The minimum Gasteiger partial charge on any atom is -0.505 e. The van der Waals surface area contributed by atoms with E-state index >= 15 is 0 Å². The van der Waals surface area contributed by atoms with Gasteiger partial charge in [-0.1, -0.05) is 60.7 Å². The van der Waals surface area contributed by atoms with Crippen LogP contribution in [0.1, 0.15) is 29.8 Å². The molecule has 126 valence electrons. The summed E-state index contributed by atoms with van der Waals surface area (Å²) >= 11 is 2.08. The third-order valence-corrected chi connectivity index (χ3v) is 4.75. The van der Waals surface area contributed by atoms with Gasteiger partial charge in [-0.2, -0.15) is 0 Å². The Labute approximate surface area is 160 Å². The third-order valence-electron chi connectivity index (χ3n) is 3.80. The fourth-order valence-corrected chi connectivity index (χ4v) is 2.96. The molecule has 25 heavy (non-hydrogen) atoms. The summed E-state index contributed by atoms with van der Waals surface area (Å²) in [5.74, 6) is 0.126. The number of hydrogen-bond acceptors (Lipinski definition) is 3. The molecule has 0 atom stereocenters. The molecular formula is C20H18IN2O2+. The molecule has 2 aromatic carbocycles. The van der Waals surface area contributed by atoms with Gasteiger partial charge in [0.25, 0.3) is 5.71 Å². The van der Waals surface area contributed by atoms with Crippen molar-refractivity contribution in [3.8, 4) is 5.75 Å². The molecule has 0 amide bonds. The monoisotopic (exact) mass is 445 g/mol. The molecule has 0 bridgehead atoms. The van der Waals surface area contributed by atoms with Gasteiger partial charge in [-0.05, 0) is 12.1 Å². The van der Waals surface area contributed by atoms with Crippen LogP contribution in [-0.2, 0) is 4.84 Å². The quantitative estimate of drug-likeness (QED) is 0.269. The first-order chi connectivity index (χ1) is 12.2. The zero-order chi connectivity index (χ0) is 17.6. The van der Waals surface area contributed by atoms with Crippen molar-refractivity contribution >= 4 is 28.6 Å². The first-order valence-electron chi connectivity index (χ1n) is 7.87. The topological polar surface area (TPSA) is 45.4 Å². The first-order valence-corrected chi connectivity index (χ1v) is 8.84. The fraction of sp³-hybridized carbons (Fsp3) is 0.100. The lowest BCUT2D eigenvalue weighted by Crippen LogP contribution is -2.17. The molecule has 5 heteroatoms. The molecule has 0 saturated heterocycles. The summed E-state index contributed by atoms with van der Waals surface area (Å²) in [5.41, 5.74) is 3.31. The van der Waals surface area contributed by atoms with E-state index in [9.17, 15) is 5.11 Å². The molecule has 0 aliphatic rings. The summed E-state index contributed by atoms with van der Waals surface area (Å²) < 4.78 is 1.63. The van der Waals surface area contributed by atoms with E-state index in [0.717, 1.165) is 16.8 Å². The van der Waals surface area contributed by atoms with Crippen molar-refractivity contribution in [3.05, 3.63) is 95.8 Å². The van der Waals surface area contributed by atoms with Crippen molar-refractivity contribution in [2.24, 2.45) is 0 Å². The summed E-state index contributed by atoms with van der Waals surface area (Å²) in [4.78, 5) is 10.5. The molecule has 0 saturated carbocycles. The number of aromatic hydroxyl groups is 1. The second-order valence-electron chi connectivity index (χ2n) is 5.51. The molecule has 0 fully saturated rings. The Morgan fingerprint density at radius 1 is 0.960 bits per heavy atom. The maximum Gasteiger partial charge on any atom is 0.407 e. The van der Waals surface area contributed by atoms with Crippen molar-refractivity contribution < 1.29 is 12.9 Å². The van der Waals surface area contributed by atoms with E-state index in [1.165, 1.54) is 0 Å². The van der Waals surface area contributed by atoms with E-state index in [1.54, 1.807) is 21.3 Å². The maximum absolute atomic E-state index is 10.0. The summed E-state index contributed by atoms with van der Waals surface area (Å²) in [6.45, 7) is 1.86. The van der Waals surface area contributed by atoms with Crippen LogP contribution in [0.4, 0.5) is 0 Å². The van der Waals surface area contributed by atoms with E-state index in [2.05, 4.69) is 27.8 Å². The van der Waals surface area contributed by atoms with Gasteiger partial charge in [-0.15, -0.1) is 0 Å². The van der Waals surface area contributed by atoms with Crippen molar-refractivity contribution in [3.63, 3.8) is 0 Å². The van der Waals surface area contributed by atoms with Crippen LogP contribution in [-0.4, -0.2) is 18.8 Å². The molecule has 4 nitrogen and oxygen atoms in total. The van der Waals surface area contributed by atoms with Crippen molar-refractivity contribution in [2.45, 2.75) is 13.0 Å². The molecule has 0 unspecified atom stereocenters. The highest BCUT2D eigenvalue weighted by Gasteiger charge is 2.25. The van der Waals surface area contributed by atoms with Gasteiger partial charge in [-0.25, -0.2) is 4.98 Å². The van der Waals surface area contributed by atoms with Gasteiger partial charge in [-0.3, -0.25) is 4.84 Å². The van der Waals surface area contributed by atoms with Gasteiger partial charge in [0, 0.05) is 27.2 Å². The summed E-state index contributed by atoms with van der Waals surface area (Å²) in [6, 6.07) is 23.4. The Kier molecular flexibility index (Phi) is 5.65. The predicted molar refractivity (Wildman–Crippen MR) is 106 cm³/mol. The summed E-state index contributed by atoms with van der Waals surface area (Å²) in [5, 5.41) is 10.0. The normalized spacial score (nSPS) is 12.0. The van der Waals surface area contributed by atoms with Crippen molar-refractivity contribution in [2.75, 3.05) is 0 Å². The molecule has 0 aliphatic heterocycles. The molecule has 1 heterocycles. The summed E-state index contributed by atoms with van der Waals surface area (Å²) in [7, 11) is 0. The van der Waals surface area contributed by atoms with Gasteiger partial charge >= 0.3 is 22.9 Å². The summed E-state index contributed by atoms with van der Waals surface area (Å²) in [6.07, 6.45) is 1.38. The van der Waals surface area contributed by atoms with Gasteiger partial charge in [0.05, 0.1) is 0 Å². The molecule has 0 spiro atoms. The number of aromatic nitrogens is 1. The Bertz CT molecular complexity index is 828. The smallest absolute Gasteiger partial charge is 0.407 e. The number of pyridine rings is 1. The number of halogens is 1. The van der Waals surface area contributed by atoms with E-state index < -0.39 is 0 Å². The van der Waals surface area contributed by atoms with E-state index in [-0.39, 0.29) is 11.9 Å². The van der Waals surface area contributed by atoms with Crippen LogP contribution >= 0.6 is 22.9 Å². The number of nitrogens with zero attached hydrogens (tertiary/aromatic N) is 2. The highest BCUT2D eigenvalue weighted by atomic mass is 127. The molecule has 1 aromatic heterocycles.